The SMILES string of the molecule is CCn1c(SCC(=O)O)nnc1N1CCN(C)C(C)(C)C1. The number of aliphatic carboxylic acids is 1. The van der Waals surface area contributed by atoms with Crippen molar-refractivity contribution in [1.29, 1.82) is 0 Å². The zero-order chi connectivity index (χ0) is 15.6. The summed E-state index contributed by atoms with van der Waals surface area (Å²) in [5.41, 5.74) is 0.0805. The molecule has 1 N–H and O–H groups in total. The highest BCUT2D eigenvalue weighted by Gasteiger charge is 2.33. The van der Waals surface area contributed by atoms with Crippen LogP contribution < -0.4 is 4.90 Å². The summed E-state index contributed by atoms with van der Waals surface area (Å²) in [5, 5.41) is 17.9. The van der Waals surface area contributed by atoms with Crippen molar-refractivity contribution in [2.24, 2.45) is 0 Å². The molecule has 2 rings (SSSR count). The van der Waals surface area contributed by atoms with Crippen molar-refractivity contribution in [3.63, 3.8) is 0 Å². The highest BCUT2D eigenvalue weighted by molar-refractivity contribution is 7.99. The molecule has 21 heavy (non-hydrogen) atoms. The molecule has 0 atom stereocenters. The fraction of sp³-hybridized carbons (Fsp3) is 0.769. The Hall–Kier alpha value is -1.28. The van der Waals surface area contributed by atoms with Gasteiger partial charge in [-0.1, -0.05) is 11.8 Å². The molecule has 1 saturated heterocycles. The predicted octanol–water partition coefficient (Wildman–Crippen LogP) is 1.01. The van der Waals surface area contributed by atoms with Gasteiger partial charge < -0.3 is 10.0 Å². The fourth-order valence-electron chi connectivity index (χ4n) is 2.44. The van der Waals surface area contributed by atoms with Crippen LogP contribution in [-0.2, 0) is 11.3 Å². The van der Waals surface area contributed by atoms with Gasteiger partial charge in [0.25, 0.3) is 0 Å². The second-order valence-corrected chi connectivity index (χ2v) is 6.81. The second-order valence-electron chi connectivity index (χ2n) is 5.86. The lowest BCUT2D eigenvalue weighted by atomic mass is 10.0. The lowest BCUT2D eigenvalue weighted by molar-refractivity contribution is -0.133. The number of aromatic nitrogens is 3. The summed E-state index contributed by atoms with van der Waals surface area (Å²) in [5.74, 6) is 0.00585. The smallest absolute Gasteiger partial charge is 0.313 e. The van der Waals surface area contributed by atoms with Crippen molar-refractivity contribution in [2.45, 2.75) is 38.0 Å². The summed E-state index contributed by atoms with van der Waals surface area (Å²) in [6.45, 7) is 9.95. The largest absolute Gasteiger partial charge is 0.481 e. The summed E-state index contributed by atoms with van der Waals surface area (Å²) >= 11 is 1.22. The van der Waals surface area contributed by atoms with Crippen LogP contribution in [0.15, 0.2) is 5.16 Å². The molecule has 7 nitrogen and oxygen atoms in total. The number of hydrogen-bond acceptors (Lipinski definition) is 6. The van der Waals surface area contributed by atoms with Crippen LogP contribution in [0.3, 0.4) is 0 Å². The molecule has 1 aromatic rings. The van der Waals surface area contributed by atoms with Gasteiger partial charge in [0.05, 0.1) is 5.75 Å². The molecule has 0 spiro atoms. The summed E-state index contributed by atoms with van der Waals surface area (Å²) in [7, 11) is 2.13. The highest BCUT2D eigenvalue weighted by Crippen LogP contribution is 2.26. The summed E-state index contributed by atoms with van der Waals surface area (Å²) in [6.07, 6.45) is 0. The van der Waals surface area contributed by atoms with Crippen molar-refractivity contribution in [2.75, 3.05) is 37.3 Å². The minimum atomic E-state index is -0.840. The van der Waals surface area contributed by atoms with E-state index in [2.05, 4.69) is 40.9 Å². The van der Waals surface area contributed by atoms with Crippen molar-refractivity contribution in [3.8, 4) is 0 Å². The van der Waals surface area contributed by atoms with E-state index < -0.39 is 5.97 Å². The molecule has 2 heterocycles. The van der Waals surface area contributed by atoms with Gasteiger partial charge in [-0.3, -0.25) is 14.3 Å². The van der Waals surface area contributed by atoms with Gasteiger partial charge in [-0.25, -0.2) is 0 Å². The van der Waals surface area contributed by atoms with Gasteiger partial charge in [0.2, 0.25) is 5.95 Å². The van der Waals surface area contributed by atoms with E-state index in [0.717, 1.165) is 32.1 Å². The van der Waals surface area contributed by atoms with Crippen LogP contribution in [0.1, 0.15) is 20.8 Å². The standard InChI is InChI=1S/C13H23N5O2S/c1-5-18-11(14-15-12(18)21-8-10(19)20)17-7-6-16(4)13(2,3)9-17/h5-9H2,1-4H3,(H,19,20). The van der Waals surface area contributed by atoms with Gasteiger partial charge in [0, 0.05) is 31.7 Å². The van der Waals surface area contributed by atoms with Crippen LogP contribution in [0.2, 0.25) is 0 Å². The minimum absolute atomic E-state index is 0.00631. The normalized spacial score (nSPS) is 19.0. The molecule has 0 bridgehead atoms. The van der Waals surface area contributed by atoms with E-state index in [4.69, 9.17) is 5.11 Å². The Morgan fingerprint density at radius 1 is 1.38 bits per heavy atom. The molecular formula is C13H23N5O2S. The van der Waals surface area contributed by atoms with E-state index in [-0.39, 0.29) is 11.3 Å². The summed E-state index contributed by atoms with van der Waals surface area (Å²) in [6, 6.07) is 0. The van der Waals surface area contributed by atoms with Crippen LogP contribution in [0.4, 0.5) is 5.95 Å². The number of carboxylic acid groups (broad SMARTS) is 1. The van der Waals surface area contributed by atoms with Gasteiger partial charge in [-0.05, 0) is 27.8 Å². The first-order valence-electron chi connectivity index (χ1n) is 7.09. The first-order valence-corrected chi connectivity index (χ1v) is 8.07. The molecule has 1 aliphatic heterocycles. The Balaban J connectivity index is 2.18. The number of thioether (sulfide) groups is 1. The number of likely N-dealkylation sites (N-methyl/N-ethyl adjacent to an activating group) is 1. The summed E-state index contributed by atoms with van der Waals surface area (Å²) in [4.78, 5) is 15.3. The van der Waals surface area contributed by atoms with E-state index in [1.54, 1.807) is 0 Å². The van der Waals surface area contributed by atoms with E-state index >= 15 is 0 Å². The quantitative estimate of drug-likeness (QED) is 0.813. The lowest BCUT2D eigenvalue weighted by Gasteiger charge is -2.45. The van der Waals surface area contributed by atoms with Gasteiger partial charge in [-0.2, -0.15) is 0 Å². The molecule has 1 fully saturated rings. The average molecular weight is 313 g/mol. The molecule has 1 aliphatic rings. The van der Waals surface area contributed by atoms with E-state index in [9.17, 15) is 4.79 Å². The topological polar surface area (TPSA) is 74.5 Å². The van der Waals surface area contributed by atoms with Gasteiger partial charge >= 0.3 is 5.97 Å². The lowest BCUT2D eigenvalue weighted by Crippen LogP contribution is -2.58. The highest BCUT2D eigenvalue weighted by atomic mass is 32.2. The predicted molar refractivity (Wildman–Crippen MR) is 83.0 cm³/mol. The van der Waals surface area contributed by atoms with Crippen LogP contribution >= 0.6 is 11.8 Å². The van der Waals surface area contributed by atoms with Crippen LogP contribution in [-0.4, -0.2) is 68.7 Å². The average Bonchev–Trinajstić information content (AvgIpc) is 2.82. The third kappa shape index (κ3) is 3.49. The molecule has 1 aromatic heterocycles. The Morgan fingerprint density at radius 3 is 2.67 bits per heavy atom. The van der Waals surface area contributed by atoms with E-state index in [1.807, 2.05) is 11.5 Å². The van der Waals surface area contributed by atoms with Crippen molar-refractivity contribution >= 4 is 23.7 Å². The molecule has 0 saturated carbocycles. The number of rotatable bonds is 5. The zero-order valence-corrected chi connectivity index (χ0v) is 13.9. The molecule has 0 aliphatic carbocycles. The van der Waals surface area contributed by atoms with E-state index in [1.165, 1.54) is 11.8 Å². The molecule has 0 aromatic carbocycles. The van der Waals surface area contributed by atoms with Crippen molar-refractivity contribution < 1.29 is 9.90 Å². The number of nitrogens with zero attached hydrogens (tertiary/aromatic N) is 5. The number of hydrogen-bond donors (Lipinski definition) is 1. The first kappa shape index (κ1) is 16.1. The number of piperazine rings is 1. The van der Waals surface area contributed by atoms with Crippen LogP contribution in [0.25, 0.3) is 0 Å². The molecule has 0 amide bonds. The molecule has 0 unspecified atom stereocenters. The molecule has 8 heteroatoms. The Kier molecular flexibility index (Phi) is 4.77. The monoisotopic (exact) mass is 313 g/mol. The fourth-order valence-corrected chi connectivity index (χ4v) is 3.15. The van der Waals surface area contributed by atoms with Gasteiger partial charge in [-0.15, -0.1) is 10.2 Å². The Labute approximate surface area is 129 Å². The number of carbonyl (C=O) groups is 1. The number of carboxylic acids is 1. The van der Waals surface area contributed by atoms with E-state index in [0.29, 0.717) is 5.16 Å². The molecular weight excluding hydrogens is 290 g/mol. The van der Waals surface area contributed by atoms with Crippen molar-refractivity contribution in [1.82, 2.24) is 19.7 Å². The van der Waals surface area contributed by atoms with Gasteiger partial charge in [0.1, 0.15) is 0 Å². The maximum absolute atomic E-state index is 10.7. The first-order chi connectivity index (χ1) is 9.85. The van der Waals surface area contributed by atoms with Crippen LogP contribution in [0.5, 0.6) is 0 Å². The maximum Gasteiger partial charge on any atom is 0.313 e. The molecule has 118 valence electrons. The minimum Gasteiger partial charge on any atom is -0.481 e. The van der Waals surface area contributed by atoms with Gasteiger partial charge in [0.15, 0.2) is 5.16 Å². The van der Waals surface area contributed by atoms with Crippen LogP contribution in [0, 0.1) is 0 Å². The second kappa shape index (κ2) is 6.23. The maximum atomic E-state index is 10.7. The number of anilines is 1. The Bertz CT molecular complexity index is 517. The summed E-state index contributed by atoms with van der Waals surface area (Å²) < 4.78 is 2.00. The molecule has 0 radical (unpaired) electrons. The Morgan fingerprint density at radius 2 is 2.10 bits per heavy atom. The third-order valence-corrected chi connectivity index (χ3v) is 4.89. The zero-order valence-electron chi connectivity index (χ0n) is 13.0. The third-order valence-electron chi connectivity index (χ3n) is 3.94. The van der Waals surface area contributed by atoms with Crippen molar-refractivity contribution in [3.05, 3.63) is 0 Å².